The van der Waals surface area contributed by atoms with E-state index in [9.17, 15) is 15.4 Å². The quantitative estimate of drug-likeness (QED) is 0.620. The fourth-order valence-corrected chi connectivity index (χ4v) is 3.10. The van der Waals surface area contributed by atoms with Gasteiger partial charge in [-0.3, -0.25) is 15.0 Å². The average Bonchev–Trinajstić information content (AvgIpc) is 2.63. The van der Waals surface area contributed by atoms with E-state index in [2.05, 4.69) is 27.9 Å². The lowest BCUT2D eigenvalue weighted by molar-refractivity contribution is -0.385. The molecule has 1 aliphatic rings. The van der Waals surface area contributed by atoms with E-state index in [0.717, 1.165) is 6.54 Å². The molecule has 1 aromatic carbocycles. The van der Waals surface area contributed by atoms with Gasteiger partial charge in [-0.15, -0.1) is 0 Å². The summed E-state index contributed by atoms with van der Waals surface area (Å²) in [5.74, 6) is 0.599. The maximum atomic E-state index is 11.2. The van der Waals surface area contributed by atoms with E-state index < -0.39 is 0 Å². The van der Waals surface area contributed by atoms with E-state index in [0.29, 0.717) is 36.7 Å². The van der Waals surface area contributed by atoms with Crippen molar-refractivity contribution >= 4 is 11.5 Å². The van der Waals surface area contributed by atoms with Gasteiger partial charge in [-0.05, 0) is 6.92 Å². The number of hydrogen-bond donors (Lipinski definition) is 0. The van der Waals surface area contributed by atoms with Crippen molar-refractivity contribution in [3.8, 4) is 6.07 Å². The summed E-state index contributed by atoms with van der Waals surface area (Å²) < 4.78 is 0. The molecule has 0 spiro atoms. The summed E-state index contributed by atoms with van der Waals surface area (Å²) in [5.41, 5.74) is 1.18. The molecule has 1 fully saturated rings. The third kappa shape index (κ3) is 3.56. The maximum absolute atomic E-state index is 11.2. The van der Waals surface area contributed by atoms with E-state index in [4.69, 9.17) is 0 Å². The summed E-state index contributed by atoms with van der Waals surface area (Å²) in [5, 5.41) is 20.4. The van der Waals surface area contributed by atoms with Crippen LogP contribution in [0.3, 0.4) is 0 Å². The summed E-state index contributed by atoms with van der Waals surface area (Å²) in [6, 6.07) is 9.08. The molecule has 1 saturated heterocycles. The van der Waals surface area contributed by atoms with E-state index in [1.165, 1.54) is 12.3 Å². The number of aromatic nitrogens is 2. The Morgan fingerprint density at radius 3 is 2.80 bits per heavy atom. The molecule has 0 aliphatic carbocycles. The maximum Gasteiger partial charge on any atom is 0.273 e. The number of hydrogen-bond acceptors (Lipinski definition) is 7. The Morgan fingerprint density at radius 1 is 1.32 bits per heavy atom. The van der Waals surface area contributed by atoms with Crippen LogP contribution in [0.5, 0.6) is 0 Å². The monoisotopic (exact) mass is 338 g/mol. The van der Waals surface area contributed by atoms with Crippen LogP contribution in [0, 0.1) is 21.4 Å². The van der Waals surface area contributed by atoms with Gasteiger partial charge in [0, 0.05) is 56.2 Å². The Kier molecular flexibility index (Phi) is 4.86. The number of benzene rings is 1. The normalized spacial score (nSPS) is 17.9. The summed E-state index contributed by atoms with van der Waals surface area (Å²) >= 11 is 0. The first-order valence-corrected chi connectivity index (χ1v) is 8.02. The minimum absolute atomic E-state index is 0.151. The van der Waals surface area contributed by atoms with Crippen molar-refractivity contribution in [3.63, 3.8) is 0 Å². The van der Waals surface area contributed by atoms with Crippen molar-refractivity contribution in [3.05, 3.63) is 58.0 Å². The molecule has 1 unspecified atom stereocenters. The van der Waals surface area contributed by atoms with Crippen molar-refractivity contribution in [2.24, 2.45) is 0 Å². The number of nitriles is 1. The van der Waals surface area contributed by atoms with E-state index in [1.54, 1.807) is 18.3 Å². The average molecular weight is 338 g/mol. The molecule has 0 radical (unpaired) electrons. The Balaban J connectivity index is 1.73. The van der Waals surface area contributed by atoms with Crippen molar-refractivity contribution in [1.82, 2.24) is 14.9 Å². The smallest absolute Gasteiger partial charge is 0.273 e. The zero-order chi connectivity index (χ0) is 17.8. The molecule has 2 aromatic rings. The summed E-state index contributed by atoms with van der Waals surface area (Å²) in [6.45, 7) is 4.71. The highest BCUT2D eigenvalue weighted by Crippen LogP contribution is 2.24. The minimum Gasteiger partial charge on any atom is -0.351 e. The van der Waals surface area contributed by atoms with Crippen LogP contribution in [0.4, 0.5) is 11.5 Å². The van der Waals surface area contributed by atoms with Crippen molar-refractivity contribution in [2.45, 2.75) is 19.5 Å². The van der Waals surface area contributed by atoms with E-state index in [1.807, 2.05) is 11.0 Å². The fourth-order valence-electron chi connectivity index (χ4n) is 3.10. The summed E-state index contributed by atoms with van der Waals surface area (Å²) in [4.78, 5) is 23.5. The second kappa shape index (κ2) is 7.23. The number of nitrogens with zero attached hydrogens (tertiary/aromatic N) is 6. The lowest BCUT2D eigenvalue weighted by atomic mass is 10.1. The molecule has 0 saturated carbocycles. The Labute approximate surface area is 145 Å². The third-order valence-corrected chi connectivity index (χ3v) is 4.41. The topological polar surface area (TPSA) is 99.2 Å². The molecule has 3 rings (SSSR count). The van der Waals surface area contributed by atoms with E-state index in [-0.39, 0.29) is 16.7 Å². The van der Waals surface area contributed by atoms with Crippen LogP contribution in [0.2, 0.25) is 0 Å². The molecule has 8 nitrogen and oxygen atoms in total. The standard InChI is InChI=1S/C17H18N6O2/c1-13-11-22(17-15(10-18)19-6-7-20-17)9-8-21(13)12-14-4-2-3-5-16(14)23(24)25/h2-7,13H,8-9,11-12H2,1H3. The Bertz CT molecular complexity index is 819. The Morgan fingerprint density at radius 2 is 2.08 bits per heavy atom. The van der Waals surface area contributed by atoms with Crippen LogP contribution >= 0.6 is 0 Å². The lowest BCUT2D eigenvalue weighted by Crippen LogP contribution is -2.52. The first-order valence-electron chi connectivity index (χ1n) is 8.02. The number of piperazine rings is 1. The molecular weight excluding hydrogens is 320 g/mol. The van der Waals surface area contributed by atoms with Crippen molar-refractivity contribution < 1.29 is 4.92 Å². The van der Waals surface area contributed by atoms with Crippen LogP contribution in [0.15, 0.2) is 36.7 Å². The first-order chi connectivity index (χ1) is 12.1. The minimum atomic E-state index is -0.338. The number of anilines is 1. The Hall–Kier alpha value is -3.05. The van der Waals surface area contributed by atoms with Crippen LogP contribution in [-0.2, 0) is 6.54 Å². The predicted molar refractivity (Wildman–Crippen MR) is 91.9 cm³/mol. The number of nitro groups is 1. The third-order valence-electron chi connectivity index (χ3n) is 4.41. The zero-order valence-electron chi connectivity index (χ0n) is 13.9. The highest BCUT2D eigenvalue weighted by Gasteiger charge is 2.27. The molecule has 1 atom stereocenters. The highest BCUT2D eigenvalue weighted by molar-refractivity contribution is 5.50. The van der Waals surface area contributed by atoms with Crippen LogP contribution in [0.1, 0.15) is 18.2 Å². The first kappa shape index (κ1) is 16.8. The van der Waals surface area contributed by atoms with Gasteiger partial charge < -0.3 is 4.90 Å². The van der Waals surface area contributed by atoms with Crippen LogP contribution < -0.4 is 4.90 Å². The molecular formula is C17H18N6O2. The molecule has 8 heteroatoms. The number of nitro benzene ring substituents is 1. The molecule has 0 bridgehead atoms. The SMILES string of the molecule is CC1CN(c2nccnc2C#N)CCN1Cc1ccccc1[N+](=O)[O-]. The molecule has 1 aliphatic heterocycles. The highest BCUT2D eigenvalue weighted by atomic mass is 16.6. The van der Waals surface area contributed by atoms with Gasteiger partial charge in [0.05, 0.1) is 4.92 Å². The van der Waals surface area contributed by atoms with Gasteiger partial charge >= 0.3 is 0 Å². The van der Waals surface area contributed by atoms with Gasteiger partial charge in [0.15, 0.2) is 11.5 Å². The van der Waals surface area contributed by atoms with Crippen molar-refractivity contribution in [1.29, 1.82) is 5.26 Å². The van der Waals surface area contributed by atoms with Gasteiger partial charge in [0.25, 0.3) is 5.69 Å². The largest absolute Gasteiger partial charge is 0.351 e. The number of rotatable bonds is 4. The zero-order valence-corrected chi connectivity index (χ0v) is 13.9. The predicted octanol–water partition coefficient (Wildman–Crippen LogP) is 1.97. The van der Waals surface area contributed by atoms with Gasteiger partial charge in [-0.2, -0.15) is 5.26 Å². The molecule has 2 heterocycles. The molecule has 0 amide bonds. The molecule has 1 aromatic heterocycles. The van der Waals surface area contributed by atoms with Crippen molar-refractivity contribution in [2.75, 3.05) is 24.5 Å². The number of para-hydroxylation sites is 1. The lowest BCUT2D eigenvalue weighted by Gasteiger charge is -2.40. The molecule has 128 valence electrons. The summed E-state index contributed by atoms with van der Waals surface area (Å²) in [6.07, 6.45) is 3.09. The van der Waals surface area contributed by atoms with E-state index >= 15 is 0 Å². The fraction of sp³-hybridized carbons (Fsp3) is 0.353. The molecule has 0 N–H and O–H groups in total. The van der Waals surface area contributed by atoms with Gasteiger partial charge in [-0.1, -0.05) is 18.2 Å². The second-order valence-corrected chi connectivity index (χ2v) is 5.99. The van der Waals surface area contributed by atoms with Gasteiger partial charge in [0.2, 0.25) is 0 Å². The second-order valence-electron chi connectivity index (χ2n) is 5.99. The van der Waals surface area contributed by atoms with Crippen LogP contribution in [-0.4, -0.2) is 45.5 Å². The molecule has 25 heavy (non-hydrogen) atoms. The van der Waals surface area contributed by atoms with Gasteiger partial charge in [-0.25, -0.2) is 9.97 Å². The summed E-state index contributed by atoms with van der Waals surface area (Å²) in [7, 11) is 0. The van der Waals surface area contributed by atoms with Gasteiger partial charge in [0.1, 0.15) is 6.07 Å². The van der Waals surface area contributed by atoms with Crippen LogP contribution in [0.25, 0.3) is 0 Å².